The van der Waals surface area contributed by atoms with E-state index in [0.29, 0.717) is 22.5 Å². The number of benzene rings is 2. The fraction of sp³-hybridized carbons (Fsp3) is 0.200. The molecule has 0 bridgehead atoms. The highest BCUT2D eigenvalue weighted by atomic mass is 79.9. The molecule has 0 aliphatic carbocycles. The molecule has 0 amide bonds. The van der Waals surface area contributed by atoms with Crippen LogP contribution in [0.3, 0.4) is 0 Å². The SMILES string of the molecule is COc1cc(CN)cc(Br)c1OCc1c(F)cccc1F. The van der Waals surface area contributed by atoms with Crippen molar-refractivity contribution in [3.63, 3.8) is 0 Å². The quantitative estimate of drug-likeness (QED) is 0.885. The van der Waals surface area contributed by atoms with Crippen molar-refractivity contribution in [1.29, 1.82) is 0 Å². The minimum Gasteiger partial charge on any atom is -0.493 e. The molecule has 2 aromatic carbocycles. The second-order valence-electron chi connectivity index (χ2n) is 4.30. The number of nitrogens with two attached hydrogens (primary N) is 1. The minimum absolute atomic E-state index is 0.130. The van der Waals surface area contributed by atoms with Gasteiger partial charge < -0.3 is 15.2 Å². The minimum atomic E-state index is -0.649. The highest BCUT2D eigenvalue weighted by Crippen LogP contribution is 2.37. The predicted molar refractivity (Wildman–Crippen MR) is 79.3 cm³/mol. The van der Waals surface area contributed by atoms with Crippen LogP contribution < -0.4 is 15.2 Å². The molecule has 0 heterocycles. The van der Waals surface area contributed by atoms with E-state index < -0.39 is 11.6 Å². The molecule has 0 fully saturated rings. The Kier molecular flexibility index (Phi) is 5.14. The number of ether oxygens (including phenoxy) is 2. The molecule has 2 aromatic rings. The molecule has 21 heavy (non-hydrogen) atoms. The molecule has 0 saturated heterocycles. The molecule has 0 atom stereocenters. The van der Waals surface area contributed by atoms with Gasteiger partial charge in [0, 0.05) is 6.54 Å². The van der Waals surface area contributed by atoms with Crippen LogP contribution in [0.4, 0.5) is 8.78 Å². The van der Waals surface area contributed by atoms with E-state index in [1.165, 1.54) is 25.3 Å². The maximum atomic E-state index is 13.6. The topological polar surface area (TPSA) is 44.5 Å². The zero-order valence-electron chi connectivity index (χ0n) is 11.3. The van der Waals surface area contributed by atoms with Crippen molar-refractivity contribution in [1.82, 2.24) is 0 Å². The van der Waals surface area contributed by atoms with Crippen molar-refractivity contribution in [2.75, 3.05) is 7.11 Å². The Morgan fingerprint density at radius 1 is 1.19 bits per heavy atom. The Labute approximate surface area is 129 Å². The summed E-state index contributed by atoms with van der Waals surface area (Å²) in [4.78, 5) is 0. The Hall–Kier alpha value is -1.66. The van der Waals surface area contributed by atoms with E-state index in [2.05, 4.69) is 15.9 Å². The van der Waals surface area contributed by atoms with Crippen LogP contribution in [0.5, 0.6) is 11.5 Å². The molecule has 112 valence electrons. The van der Waals surface area contributed by atoms with Crippen LogP contribution in [0.25, 0.3) is 0 Å². The molecule has 0 aromatic heterocycles. The fourth-order valence-corrected chi connectivity index (χ4v) is 2.45. The van der Waals surface area contributed by atoms with Gasteiger partial charge in [0.25, 0.3) is 0 Å². The maximum Gasteiger partial charge on any atom is 0.175 e. The molecule has 6 heteroatoms. The monoisotopic (exact) mass is 357 g/mol. The van der Waals surface area contributed by atoms with Gasteiger partial charge in [0.1, 0.15) is 18.2 Å². The Balaban J connectivity index is 2.28. The van der Waals surface area contributed by atoms with E-state index >= 15 is 0 Å². The number of hydrogen-bond donors (Lipinski definition) is 1. The first-order valence-corrected chi connectivity index (χ1v) is 6.98. The summed E-state index contributed by atoms with van der Waals surface area (Å²) in [6.07, 6.45) is 0. The van der Waals surface area contributed by atoms with E-state index in [4.69, 9.17) is 15.2 Å². The zero-order chi connectivity index (χ0) is 15.4. The summed E-state index contributed by atoms with van der Waals surface area (Å²) in [6, 6.07) is 7.17. The van der Waals surface area contributed by atoms with Gasteiger partial charge in [-0.15, -0.1) is 0 Å². The van der Waals surface area contributed by atoms with Gasteiger partial charge in [0.15, 0.2) is 11.5 Å². The first-order valence-electron chi connectivity index (χ1n) is 6.19. The molecule has 3 nitrogen and oxygen atoms in total. The Bertz CT molecular complexity index is 630. The normalized spacial score (nSPS) is 10.5. The summed E-state index contributed by atoms with van der Waals surface area (Å²) in [6.45, 7) is 0.104. The molecule has 0 aliphatic heterocycles. The summed E-state index contributed by atoms with van der Waals surface area (Å²) in [5, 5.41) is 0. The van der Waals surface area contributed by atoms with Crippen LogP contribution in [0.1, 0.15) is 11.1 Å². The molecule has 2 rings (SSSR count). The van der Waals surface area contributed by atoms with Crippen molar-refractivity contribution in [2.24, 2.45) is 5.73 Å². The van der Waals surface area contributed by atoms with Gasteiger partial charge in [-0.25, -0.2) is 8.78 Å². The van der Waals surface area contributed by atoms with Gasteiger partial charge in [-0.1, -0.05) is 6.07 Å². The van der Waals surface area contributed by atoms with Gasteiger partial charge in [-0.2, -0.15) is 0 Å². The predicted octanol–water partition coefficient (Wildman–Crippen LogP) is 3.77. The van der Waals surface area contributed by atoms with Gasteiger partial charge in [0.2, 0.25) is 0 Å². The first-order chi connectivity index (χ1) is 10.1. The molecule has 0 unspecified atom stereocenters. The third-order valence-corrected chi connectivity index (χ3v) is 3.54. The summed E-state index contributed by atoms with van der Waals surface area (Å²) in [7, 11) is 1.48. The van der Waals surface area contributed by atoms with Crippen LogP contribution in [0.15, 0.2) is 34.8 Å². The molecular weight excluding hydrogens is 344 g/mol. The third kappa shape index (κ3) is 3.51. The van der Waals surface area contributed by atoms with Crippen molar-refractivity contribution < 1.29 is 18.3 Å². The maximum absolute atomic E-state index is 13.6. The van der Waals surface area contributed by atoms with Crippen LogP contribution >= 0.6 is 15.9 Å². The summed E-state index contributed by atoms with van der Waals surface area (Å²) in [5.74, 6) is -0.480. The second-order valence-corrected chi connectivity index (χ2v) is 5.16. The van der Waals surface area contributed by atoms with Crippen molar-refractivity contribution >= 4 is 15.9 Å². The lowest BCUT2D eigenvalue weighted by Gasteiger charge is -2.14. The number of hydrogen-bond acceptors (Lipinski definition) is 3. The summed E-state index contributed by atoms with van der Waals surface area (Å²) >= 11 is 3.34. The smallest absolute Gasteiger partial charge is 0.175 e. The summed E-state index contributed by atoms with van der Waals surface area (Å²) < 4.78 is 38.5. The average Bonchev–Trinajstić information content (AvgIpc) is 2.47. The lowest BCUT2D eigenvalue weighted by Crippen LogP contribution is -2.04. The molecule has 0 aliphatic rings. The van der Waals surface area contributed by atoms with Crippen molar-refractivity contribution in [3.05, 3.63) is 57.6 Å². The molecule has 2 N–H and O–H groups in total. The van der Waals surface area contributed by atoms with E-state index in [1.54, 1.807) is 12.1 Å². The summed E-state index contributed by atoms with van der Waals surface area (Å²) in [5.41, 5.74) is 6.30. The number of methoxy groups -OCH3 is 1. The number of rotatable bonds is 5. The molecular formula is C15H14BrF2NO2. The van der Waals surface area contributed by atoms with Crippen molar-refractivity contribution in [3.8, 4) is 11.5 Å². The molecule has 0 saturated carbocycles. The number of halogens is 3. The second kappa shape index (κ2) is 6.87. The molecule has 0 radical (unpaired) electrons. The molecule has 0 spiro atoms. The van der Waals surface area contributed by atoms with Gasteiger partial charge in [0.05, 0.1) is 17.1 Å². The Morgan fingerprint density at radius 3 is 2.43 bits per heavy atom. The van der Waals surface area contributed by atoms with Gasteiger partial charge >= 0.3 is 0 Å². The standard InChI is InChI=1S/C15H14BrF2NO2/c1-20-14-6-9(7-19)5-11(16)15(14)21-8-10-12(17)3-2-4-13(10)18/h2-6H,7-8,19H2,1H3. The highest BCUT2D eigenvalue weighted by molar-refractivity contribution is 9.10. The largest absolute Gasteiger partial charge is 0.493 e. The van der Waals surface area contributed by atoms with E-state index in [9.17, 15) is 8.78 Å². The van der Waals surface area contributed by atoms with Crippen LogP contribution in [0.2, 0.25) is 0 Å². The van der Waals surface area contributed by atoms with Gasteiger partial charge in [-0.05, 0) is 45.8 Å². The lowest BCUT2D eigenvalue weighted by molar-refractivity contribution is 0.272. The Morgan fingerprint density at radius 2 is 1.86 bits per heavy atom. The van der Waals surface area contributed by atoms with Crippen molar-refractivity contribution in [2.45, 2.75) is 13.2 Å². The highest BCUT2D eigenvalue weighted by Gasteiger charge is 2.14. The lowest BCUT2D eigenvalue weighted by atomic mass is 10.2. The van der Waals surface area contributed by atoms with E-state index in [-0.39, 0.29) is 12.2 Å². The van der Waals surface area contributed by atoms with Crippen LogP contribution in [-0.4, -0.2) is 7.11 Å². The van der Waals surface area contributed by atoms with Crippen LogP contribution in [0, 0.1) is 11.6 Å². The third-order valence-electron chi connectivity index (χ3n) is 2.95. The van der Waals surface area contributed by atoms with Gasteiger partial charge in [-0.3, -0.25) is 0 Å². The van der Waals surface area contributed by atoms with E-state index in [1.807, 2.05) is 0 Å². The zero-order valence-corrected chi connectivity index (χ0v) is 12.9. The fourth-order valence-electron chi connectivity index (χ4n) is 1.85. The van der Waals surface area contributed by atoms with E-state index in [0.717, 1.165) is 5.56 Å². The average molecular weight is 358 g/mol. The first kappa shape index (κ1) is 15.7. The van der Waals surface area contributed by atoms with Crippen LogP contribution in [-0.2, 0) is 13.2 Å².